The summed E-state index contributed by atoms with van der Waals surface area (Å²) in [6.07, 6.45) is 10.5. The standard InChI is InChI=1S/C14H24O/c1-5-12(3)8-7-9-13(4)10-14(6-2)11-15/h6-8,11-13H,5,9-10H2,1-4H3/b8-7?,14-6-. The van der Waals surface area contributed by atoms with Crippen molar-refractivity contribution in [1.82, 2.24) is 0 Å². The molecule has 0 rings (SSSR count). The smallest absolute Gasteiger partial charge is 0.145 e. The minimum absolute atomic E-state index is 0.557. The molecule has 2 atom stereocenters. The van der Waals surface area contributed by atoms with Crippen molar-refractivity contribution >= 4 is 6.29 Å². The van der Waals surface area contributed by atoms with Crippen LogP contribution in [0.15, 0.2) is 23.8 Å². The van der Waals surface area contributed by atoms with E-state index in [9.17, 15) is 4.79 Å². The fraction of sp³-hybridized carbons (Fsp3) is 0.643. The Morgan fingerprint density at radius 2 is 2.00 bits per heavy atom. The van der Waals surface area contributed by atoms with Crippen molar-refractivity contribution in [2.24, 2.45) is 11.8 Å². The van der Waals surface area contributed by atoms with Crippen molar-refractivity contribution in [3.8, 4) is 0 Å². The van der Waals surface area contributed by atoms with Crippen LogP contribution < -0.4 is 0 Å². The number of aldehydes is 1. The molecule has 1 heteroatoms. The van der Waals surface area contributed by atoms with Gasteiger partial charge in [-0.3, -0.25) is 4.79 Å². The third-order valence-corrected chi connectivity index (χ3v) is 2.75. The number of hydrogen-bond donors (Lipinski definition) is 0. The molecule has 0 N–H and O–H groups in total. The number of carbonyl (C=O) groups is 1. The van der Waals surface area contributed by atoms with E-state index in [1.165, 1.54) is 6.42 Å². The zero-order chi connectivity index (χ0) is 11.7. The molecule has 86 valence electrons. The predicted octanol–water partition coefficient (Wildman–Crippen LogP) is 4.15. The molecular formula is C14H24O. The zero-order valence-corrected chi connectivity index (χ0v) is 10.5. The Morgan fingerprint density at radius 3 is 2.47 bits per heavy atom. The van der Waals surface area contributed by atoms with E-state index >= 15 is 0 Å². The summed E-state index contributed by atoms with van der Waals surface area (Å²) in [6.45, 7) is 8.53. The average Bonchev–Trinajstić information content (AvgIpc) is 2.25. The van der Waals surface area contributed by atoms with E-state index in [0.717, 1.165) is 24.7 Å². The van der Waals surface area contributed by atoms with Crippen molar-refractivity contribution in [2.45, 2.75) is 47.0 Å². The van der Waals surface area contributed by atoms with Gasteiger partial charge in [-0.15, -0.1) is 0 Å². The Bertz CT molecular complexity index is 225. The number of hydrogen-bond acceptors (Lipinski definition) is 1. The highest BCUT2D eigenvalue weighted by Crippen LogP contribution is 2.14. The monoisotopic (exact) mass is 208 g/mol. The minimum Gasteiger partial charge on any atom is -0.298 e. The van der Waals surface area contributed by atoms with Crippen molar-refractivity contribution in [1.29, 1.82) is 0 Å². The summed E-state index contributed by atoms with van der Waals surface area (Å²) in [6, 6.07) is 0. The second kappa shape index (κ2) is 8.46. The van der Waals surface area contributed by atoms with E-state index in [-0.39, 0.29) is 0 Å². The summed E-state index contributed by atoms with van der Waals surface area (Å²) in [5, 5.41) is 0. The summed E-state index contributed by atoms with van der Waals surface area (Å²) in [5.41, 5.74) is 0.916. The SMILES string of the molecule is C/C=C(\C=O)CC(C)CC=CC(C)CC. The Balaban J connectivity index is 3.89. The maximum atomic E-state index is 10.6. The van der Waals surface area contributed by atoms with Gasteiger partial charge < -0.3 is 0 Å². The molecule has 2 unspecified atom stereocenters. The molecular weight excluding hydrogens is 184 g/mol. The second-order valence-electron chi connectivity index (χ2n) is 4.34. The molecule has 0 radical (unpaired) electrons. The van der Waals surface area contributed by atoms with Crippen LogP contribution in [0.25, 0.3) is 0 Å². The van der Waals surface area contributed by atoms with Gasteiger partial charge in [-0.2, -0.15) is 0 Å². The average molecular weight is 208 g/mol. The third-order valence-electron chi connectivity index (χ3n) is 2.75. The quantitative estimate of drug-likeness (QED) is 0.349. The molecule has 0 aliphatic heterocycles. The fourth-order valence-electron chi connectivity index (χ4n) is 1.40. The molecule has 1 nitrogen and oxygen atoms in total. The van der Waals surface area contributed by atoms with Crippen molar-refractivity contribution in [2.75, 3.05) is 0 Å². The normalized spacial score (nSPS) is 16.7. The first-order chi connectivity index (χ1) is 7.13. The number of carbonyl (C=O) groups excluding carboxylic acids is 1. The van der Waals surface area contributed by atoms with Gasteiger partial charge in [0, 0.05) is 0 Å². The van der Waals surface area contributed by atoms with Crippen LogP contribution in [0.1, 0.15) is 47.0 Å². The molecule has 0 aromatic heterocycles. The van der Waals surface area contributed by atoms with Gasteiger partial charge in [-0.25, -0.2) is 0 Å². The first-order valence-corrected chi connectivity index (χ1v) is 5.91. The molecule has 0 saturated heterocycles. The van der Waals surface area contributed by atoms with Crippen molar-refractivity contribution < 1.29 is 4.79 Å². The van der Waals surface area contributed by atoms with Crippen LogP contribution in [0, 0.1) is 11.8 Å². The first-order valence-electron chi connectivity index (χ1n) is 5.91. The molecule has 0 aliphatic carbocycles. The lowest BCUT2D eigenvalue weighted by molar-refractivity contribution is -0.105. The summed E-state index contributed by atoms with van der Waals surface area (Å²) in [7, 11) is 0. The van der Waals surface area contributed by atoms with Gasteiger partial charge in [0.2, 0.25) is 0 Å². The zero-order valence-electron chi connectivity index (χ0n) is 10.5. The van der Waals surface area contributed by atoms with E-state index in [2.05, 4.69) is 32.9 Å². The number of rotatable bonds is 7. The van der Waals surface area contributed by atoms with Crippen molar-refractivity contribution in [3.05, 3.63) is 23.8 Å². The largest absolute Gasteiger partial charge is 0.298 e. The Morgan fingerprint density at radius 1 is 1.33 bits per heavy atom. The Labute approximate surface area is 94.3 Å². The lowest BCUT2D eigenvalue weighted by atomic mass is 9.97. The summed E-state index contributed by atoms with van der Waals surface area (Å²) < 4.78 is 0. The lowest BCUT2D eigenvalue weighted by Crippen LogP contribution is -1.97. The van der Waals surface area contributed by atoms with Crippen LogP contribution in [0.3, 0.4) is 0 Å². The van der Waals surface area contributed by atoms with Crippen LogP contribution >= 0.6 is 0 Å². The van der Waals surface area contributed by atoms with E-state index in [1.54, 1.807) is 0 Å². The highest BCUT2D eigenvalue weighted by Gasteiger charge is 2.02. The van der Waals surface area contributed by atoms with E-state index < -0.39 is 0 Å². The second-order valence-corrected chi connectivity index (χ2v) is 4.34. The molecule has 0 heterocycles. The Kier molecular flexibility index (Phi) is 7.98. The highest BCUT2D eigenvalue weighted by molar-refractivity contribution is 5.72. The lowest BCUT2D eigenvalue weighted by Gasteiger charge is -2.08. The van der Waals surface area contributed by atoms with Gasteiger partial charge in [0.1, 0.15) is 6.29 Å². The Hall–Kier alpha value is -0.850. The van der Waals surface area contributed by atoms with Crippen LogP contribution in [-0.2, 0) is 4.79 Å². The van der Waals surface area contributed by atoms with Gasteiger partial charge >= 0.3 is 0 Å². The van der Waals surface area contributed by atoms with Crippen LogP contribution in [0.2, 0.25) is 0 Å². The maximum absolute atomic E-state index is 10.6. The number of allylic oxidation sites excluding steroid dienone is 4. The van der Waals surface area contributed by atoms with Crippen molar-refractivity contribution in [3.63, 3.8) is 0 Å². The van der Waals surface area contributed by atoms with Gasteiger partial charge in [0.15, 0.2) is 0 Å². The summed E-state index contributed by atoms with van der Waals surface area (Å²) in [4.78, 5) is 10.6. The molecule has 0 aliphatic rings. The highest BCUT2D eigenvalue weighted by atomic mass is 16.1. The van der Waals surface area contributed by atoms with Crippen LogP contribution in [0.4, 0.5) is 0 Å². The van der Waals surface area contributed by atoms with Gasteiger partial charge in [-0.1, -0.05) is 45.4 Å². The molecule has 0 saturated carbocycles. The van der Waals surface area contributed by atoms with Crippen LogP contribution in [-0.4, -0.2) is 6.29 Å². The van der Waals surface area contributed by atoms with Gasteiger partial charge in [0.25, 0.3) is 0 Å². The van der Waals surface area contributed by atoms with Crippen LogP contribution in [0.5, 0.6) is 0 Å². The van der Waals surface area contributed by atoms with E-state index in [1.807, 2.05) is 13.0 Å². The fourth-order valence-corrected chi connectivity index (χ4v) is 1.40. The molecule has 0 aromatic rings. The molecule has 0 amide bonds. The maximum Gasteiger partial charge on any atom is 0.145 e. The molecule has 0 bridgehead atoms. The third kappa shape index (κ3) is 7.12. The molecule has 0 spiro atoms. The summed E-state index contributed by atoms with van der Waals surface area (Å²) >= 11 is 0. The molecule has 0 aromatic carbocycles. The predicted molar refractivity (Wildman–Crippen MR) is 66.8 cm³/mol. The summed E-state index contributed by atoms with van der Waals surface area (Å²) in [5.74, 6) is 1.23. The van der Waals surface area contributed by atoms with Gasteiger partial charge in [0.05, 0.1) is 0 Å². The van der Waals surface area contributed by atoms with E-state index in [0.29, 0.717) is 11.8 Å². The molecule has 15 heavy (non-hydrogen) atoms. The minimum atomic E-state index is 0.557. The topological polar surface area (TPSA) is 17.1 Å². The van der Waals surface area contributed by atoms with E-state index in [4.69, 9.17) is 0 Å². The first kappa shape index (κ1) is 14.2. The molecule has 0 fully saturated rings. The van der Waals surface area contributed by atoms with Gasteiger partial charge in [-0.05, 0) is 37.2 Å².